The summed E-state index contributed by atoms with van der Waals surface area (Å²) < 4.78 is 0. The van der Waals surface area contributed by atoms with Crippen LogP contribution in [0.25, 0.3) is 5.57 Å². The van der Waals surface area contributed by atoms with Gasteiger partial charge in [0, 0.05) is 60.7 Å². The second-order valence-corrected chi connectivity index (χ2v) is 10.6. The van der Waals surface area contributed by atoms with Gasteiger partial charge in [-0.1, -0.05) is 6.08 Å². The van der Waals surface area contributed by atoms with Crippen molar-refractivity contribution in [3.8, 4) is 0 Å². The summed E-state index contributed by atoms with van der Waals surface area (Å²) in [5.41, 5.74) is 5.51. The van der Waals surface area contributed by atoms with Crippen LogP contribution in [0.2, 0.25) is 0 Å². The molecule has 1 amide bonds. The fourth-order valence-electron chi connectivity index (χ4n) is 4.48. The molecule has 10 nitrogen and oxygen atoms in total. The molecule has 0 aromatic carbocycles. The first-order valence-corrected chi connectivity index (χ1v) is 13.7. The molecule has 40 heavy (non-hydrogen) atoms. The molecule has 10 heteroatoms. The molecule has 4 N–H and O–H groups in total. The Bertz CT molecular complexity index is 1260. The Labute approximate surface area is 237 Å². The van der Waals surface area contributed by atoms with E-state index in [-0.39, 0.29) is 17.5 Å². The number of aromatic nitrogens is 2. The molecule has 1 aliphatic heterocycles. The molecule has 218 valence electrons. The Hall–Kier alpha value is -3.63. The summed E-state index contributed by atoms with van der Waals surface area (Å²) in [4.78, 5) is 46.6. The number of nitrogens with one attached hydrogen (secondary N) is 4. The summed E-state index contributed by atoms with van der Waals surface area (Å²) in [6.45, 7) is 10.6. The van der Waals surface area contributed by atoms with E-state index in [0.29, 0.717) is 49.4 Å². The summed E-state index contributed by atoms with van der Waals surface area (Å²) in [6.07, 6.45) is 6.07. The molecule has 0 fully saturated rings. The van der Waals surface area contributed by atoms with Crippen molar-refractivity contribution in [3.63, 3.8) is 0 Å². The number of anilines is 1. The van der Waals surface area contributed by atoms with Gasteiger partial charge in [-0.05, 0) is 91.5 Å². The highest BCUT2D eigenvalue weighted by Crippen LogP contribution is 2.26. The van der Waals surface area contributed by atoms with Gasteiger partial charge >= 0.3 is 0 Å². The Morgan fingerprint density at radius 3 is 2.52 bits per heavy atom. The Balaban J connectivity index is 0.000000389. The zero-order valence-corrected chi connectivity index (χ0v) is 25.0. The minimum atomic E-state index is 0.0156. The van der Waals surface area contributed by atoms with Gasteiger partial charge in [-0.2, -0.15) is 0 Å². The lowest BCUT2D eigenvalue weighted by molar-refractivity contribution is -0.130. The lowest BCUT2D eigenvalue weighted by Gasteiger charge is -2.27. The van der Waals surface area contributed by atoms with E-state index in [1.807, 2.05) is 65.9 Å². The number of amides is 1. The number of hydrogen-bond donors (Lipinski definition) is 4. The molecule has 0 unspecified atom stereocenters. The molecule has 0 spiro atoms. The van der Waals surface area contributed by atoms with Crippen molar-refractivity contribution in [1.82, 2.24) is 25.1 Å². The van der Waals surface area contributed by atoms with Crippen LogP contribution >= 0.6 is 0 Å². The van der Waals surface area contributed by atoms with E-state index in [4.69, 9.17) is 5.41 Å². The molecule has 0 aliphatic carbocycles. The van der Waals surface area contributed by atoms with E-state index in [1.165, 1.54) is 0 Å². The Morgan fingerprint density at radius 2 is 2.00 bits per heavy atom. The minimum absolute atomic E-state index is 0.0156. The van der Waals surface area contributed by atoms with Gasteiger partial charge in [0.2, 0.25) is 5.91 Å². The first-order valence-electron chi connectivity index (χ1n) is 13.7. The van der Waals surface area contributed by atoms with Crippen molar-refractivity contribution in [2.24, 2.45) is 0 Å². The number of carbonyl (C=O) groups is 2. The summed E-state index contributed by atoms with van der Waals surface area (Å²) >= 11 is 0. The molecule has 0 bridgehead atoms. The van der Waals surface area contributed by atoms with E-state index in [2.05, 4.69) is 25.5 Å². The number of H-pyrrole nitrogens is 1. The summed E-state index contributed by atoms with van der Waals surface area (Å²) in [5.74, 6) is 0.729. The van der Waals surface area contributed by atoms with Crippen LogP contribution in [0.3, 0.4) is 0 Å². The monoisotopic (exact) mass is 551 g/mol. The smallest absolute Gasteiger partial charge is 0.252 e. The van der Waals surface area contributed by atoms with Crippen molar-refractivity contribution >= 4 is 29.8 Å². The van der Waals surface area contributed by atoms with Crippen molar-refractivity contribution in [2.45, 2.75) is 59.5 Å². The number of aldehydes is 1. The predicted octanol–water partition coefficient (Wildman–Crippen LogP) is 3.38. The number of aryl methyl sites for hydroxylation is 2. The number of hydrogen-bond acceptors (Lipinski definition) is 8. The Kier molecular flexibility index (Phi) is 12.9. The van der Waals surface area contributed by atoms with E-state index in [0.717, 1.165) is 53.6 Å². The highest BCUT2D eigenvalue weighted by molar-refractivity contribution is 5.96. The second-order valence-electron chi connectivity index (χ2n) is 10.6. The summed E-state index contributed by atoms with van der Waals surface area (Å²) in [6, 6.07) is 3.85. The van der Waals surface area contributed by atoms with Gasteiger partial charge in [-0.15, -0.1) is 0 Å². The van der Waals surface area contributed by atoms with Crippen molar-refractivity contribution in [2.75, 3.05) is 46.1 Å². The number of rotatable bonds is 11. The van der Waals surface area contributed by atoms with Gasteiger partial charge in [0.25, 0.3) is 5.56 Å². The molecule has 3 rings (SSSR count). The predicted molar refractivity (Wildman–Crippen MR) is 163 cm³/mol. The quantitative estimate of drug-likeness (QED) is 0.248. The molecule has 0 radical (unpaired) electrons. The fraction of sp³-hybridized carbons (Fsp3) is 0.500. The van der Waals surface area contributed by atoms with E-state index in [1.54, 1.807) is 6.07 Å². The van der Waals surface area contributed by atoms with Gasteiger partial charge in [0.05, 0.1) is 5.69 Å². The van der Waals surface area contributed by atoms with Gasteiger partial charge in [0.15, 0.2) is 6.29 Å². The van der Waals surface area contributed by atoms with Gasteiger partial charge in [0.1, 0.15) is 5.82 Å². The van der Waals surface area contributed by atoms with Crippen molar-refractivity contribution in [1.29, 1.82) is 5.41 Å². The maximum Gasteiger partial charge on any atom is 0.252 e. The van der Waals surface area contributed by atoms with Crippen LogP contribution in [0.5, 0.6) is 0 Å². The average molecular weight is 552 g/mol. The molecule has 0 saturated heterocycles. The number of aromatic amines is 1. The van der Waals surface area contributed by atoms with Crippen LogP contribution in [0.1, 0.15) is 71.5 Å². The standard InChI is InChI=1S/C21H31N5O2.C9H14N2O/c1-15(2)23-21-18(13-22)17(14-27)12-19(24-21)16-7-10-26(11-8-16)20(28)6-5-9-25(3)4;1-6-4-7(2)11-9(12)8(6)5-10-3/h7,12-15,22H,5-6,8-11H2,1-4H3,(H,23,24);4,10H,5H2,1-3H3,(H,11,12). The van der Waals surface area contributed by atoms with Crippen LogP contribution in [-0.2, 0) is 11.3 Å². The first-order chi connectivity index (χ1) is 19.0. The molecular weight excluding hydrogens is 506 g/mol. The van der Waals surface area contributed by atoms with Crippen LogP contribution in [0.15, 0.2) is 23.0 Å². The second kappa shape index (κ2) is 15.8. The Morgan fingerprint density at radius 1 is 1.27 bits per heavy atom. The third-order valence-electron chi connectivity index (χ3n) is 6.52. The zero-order valence-electron chi connectivity index (χ0n) is 25.0. The van der Waals surface area contributed by atoms with Crippen LogP contribution in [0, 0.1) is 19.3 Å². The summed E-state index contributed by atoms with van der Waals surface area (Å²) in [5, 5.41) is 13.8. The van der Waals surface area contributed by atoms with E-state index < -0.39 is 0 Å². The number of carbonyl (C=O) groups excluding carboxylic acids is 2. The van der Waals surface area contributed by atoms with Gasteiger partial charge in [-0.3, -0.25) is 14.4 Å². The van der Waals surface area contributed by atoms with E-state index >= 15 is 0 Å². The maximum atomic E-state index is 12.4. The lowest BCUT2D eigenvalue weighted by Crippen LogP contribution is -2.35. The van der Waals surface area contributed by atoms with Crippen LogP contribution in [0.4, 0.5) is 5.82 Å². The molecule has 0 atom stereocenters. The zero-order chi connectivity index (χ0) is 29.8. The summed E-state index contributed by atoms with van der Waals surface area (Å²) in [7, 11) is 5.85. The number of pyridine rings is 2. The number of nitrogens with zero attached hydrogens (tertiary/aromatic N) is 3. The highest BCUT2D eigenvalue weighted by Gasteiger charge is 2.20. The van der Waals surface area contributed by atoms with E-state index in [9.17, 15) is 14.4 Å². The van der Waals surface area contributed by atoms with Crippen molar-refractivity contribution < 1.29 is 9.59 Å². The lowest BCUT2D eigenvalue weighted by atomic mass is 10.0. The molecule has 3 heterocycles. The molecule has 1 aliphatic rings. The van der Waals surface area contributed by atoms with Gasteiger partial charge < -0.3 is 30.8 Å². The van der Waals surface area contributed by atoms with Crippen LogP contribution < -0.4 is 16.2 Å². The normalized spacial score (nSPS) is 13.0. The average Bonchev–Trinajstić information content (AvgIpc) is 2.90. The first kappa shape index (κ1) is 32.6. The molecule has 2 aromatic heterocycles. The highest BCUT2D eigenvalue weighted by atomic mass is 16.2. The van der Waals surface area contributed by atoms with Crippen LogP contribution in [-0.4, -0.2) is 85.0 Å². The maximum absolute atomic E-state index is 12.4. The topological polar surface area (TPSA) is 134 Å². The molecule has 0 saturated carbocycles. The molecular formula is C30H45N7O3. The fourth-order valence-corrected chi connectivity index (χ4v) is 4.48. The third kappa shape index (κ3) is 9.53. The minimum Gasteiger partial charge on any atom is -0.367 e. The SMILES string of the molecule is CC(C)Nc1nc(C2=CCN(C(=O)CCCN(C)C)CC2)cc(C=O)c1C=N.CNCc1c(C)cc(C)[nH]c1=O. The third-order valence-corrected chi connectivity index (χ3v) is 6.52. The molecule has 2 aromatic rings. The largest absolute Gasteiger partial charge is 0.367 e. The van der Waals surface area contributed by atoms with Gasteiger partial charge in [-0.25, -0.2) is 4.98 Å². The van der Waals surface area contributed by atoms with Crippen molar-refractivity contribution in [3.05, 3.63) is 62.2 Å².